The van der Waals surface area contributed by atoms with Gasteiger partial charge in [-0.2, -0.15) is 0 Å². The smallest absolute Gasteiger partial charge is 0.165 e. The lowest BCUT2D eigenvalue weighted by Crippen LogP contribution is -2.36. The van der Waals surface area contributed by atoms with E-state index < -0.39 is 0 Å². The summed E-state index contributed by atoms with van der Waals surface area (Å²) < 4.78 is 7.62. The molecule has 0 unspecified atom stereocenters. The molecule has 6 rings (SSSR count). The largest absolute Gasteiger partial charge is 0.378 e. The highest BCUT2D eigenvalue weighted by atomic mass is 16.5. The van der Waals surface area contributed by atoms with Crippen LogP contribution in [0.5, 0.6) is 0 Å². The number of imidazole rings is 1. The standard InChI is InChI=1S/C27H23N5O/c1-2-8-22(9-3-1)32-26(21-7-5-13-28-19-21)30-25-12-11-24(29-27(25)32)20-6-4-10-23(18-20)31-14-16-33-17-15-31/h1-13,18-19H,14-17H2. The summed E-state index contributed by atoms with van der Waals surface area (Å²) in [5.74, 6) is 0.830. The fraction of sp³-hybridized carbons (Fsp3) is 0.148. The molecule has 4 heterocycles. The van der Waals surface area contributed by atoms with Crippen LogP contribution in [0.25, 0.3) is 39.5 Å². The van der Waals surface area contributed by atoms with Gasteiger partial charge in [-0.15, -0.1) is 0 Å². The molecule has 0 aliphatic carbocycles. The number of hydrogen-bond donors (Lipinski definition) is 0. The van der Waals surface area contributed by atoms with Crippen molar-refractivity contribution < 1.29 is 4.74 Å². The first-order valence-corrected chi connectivity index (χ1v) is 11.2. The number of anilines is 1. The first kappa shape index (κ1) is 19.6. The molecule has 0 amide bonds. The number of pyridine rings is 2. The molecule has 6 nitrogen and oxygen atoms in total. The molecule has 0 atom stereocenters. The molecule has 6 heteroatoms. The second-order valence-electron chi connectivity index (χ2n) is 8.04. The molecule has 0 N–H and O–H groups in total. The summed E-state index contributed by atoms with van der Waals surface area (Å²) in [7, 11) is 0. The van der Waals surface area contributed by atoms with E-state index in [2.05, 4.69) is 63.0 Å². The van der Waals surface area contributed by atoms with Crippen LogP contribution in [-0.4, -0.2) is 45.8 Å². The van der Waals surface area contributed by atoms with Crippen LogP contribution in [0.4, 0.5) is 5.69 Å². The van der Waals surface area contributed by atoms with E-state index in [0.717, 1.165) is 65.8 Å². The van der Waals surface area contributed by atoms with Crippen molar-refractivity contribution in [3.63, 3.8) is 0 Å². The zero-order valence-corrected chi connectivity index (χ0v) is 18.1. The average Bonchev–Trinajstić information content (AvgIpc) is 3.29. The summed E-state index contributed by atoms with van der Waals surface area (Å²) in [6.07, 6.45) is 3.62. The summed E-state index contributed by atoms with van der Waals surface area (Å²) in [4.78, 5) is 16.7. The van der Waals surface area contributed by atoms with Crippen LogP contribution < -0.4 is 4.90 Å². The Kier molecular flexibility index (Phi) is 5.05. The highest BCUT2D eigenvalue weighted by Gasteiger charge is 2.17. The van der Waals surface area contributed by atoms with Gasteiger partial charge >= 0.3 is 0 Å². The molecular formula is C27H23N5O. The third kappa shape index (κ3) is 3.75. The van der Waals surface area contributed by atoms with E-state index >= 15 is 0 Å². The number of rotatable bonds is 4. The van der Waals surface area contributed by atoms with Gasteiger partial charge in [0.25, 0.3) is 0 Å². The van der Waals surface area contributed by atoms with Crippen LogP contribution >= 0.6 is 0 Å². The fourth-order valence-corrected chi connectivity index (χ4v) is 4.31. The van der Waals surface area contributed by atoms with E-state index in [9.17, 15) is 0 Å². The van der Waals surface area contributed by atoms with Crippen LogP contribution in [0, 0.1) is 0 Å². The Morgan fingerprint density at radius 3 is 2.36 bits per heavy atom. The number of hydrogen-bond acceptors (Lipinski definition) is 5. The van der Waals surface area contributed by atoms with Gasteiger partial charge in [-0.1, -0.05) is 30.3 Å². The molecule has 33 heavy (non-hydrogen) atoms. The minimum absolute atomic E-state index is 0.766. The van der Waals surface area contributed by atoms with E-state index in [0.29, 0.717) is 0 Å². The maximum Gasteiger partial charge on any atom is 0.165 e. The van der Waals surface area contributed by atoms with Gasteiger partial charge in [-0.25, -0.2) is 9.97 Å². The van der Waals surface area contributed by atoms with Crippen LogP contribution in [-0.2, 0) is 4.74 Å². The Hall–Kier alpha value is -4.03. The first-order valence-electron chi connectivity index (χ1n) is 11.2. The van der Waals surface area contributed by atoms with E-state index in [1.807, 2.05) is 36.5 Å². The van der Waals surface area contributed by atoms with Gasteiger partial charge in [0.2, 0.25) is 0 Å². The monoisotopic (exact) mass is 433 g/mol. The van der Waals surface area contributed by atoms with Gasteiger partial charge in [0.05, 0.1) is 18.9 Å². The summed E-state index contributed by atoms with van der Waals surface area (Å²) in [6, 6.07) is 26.9. The predicted molar refractivity (Wildman–Crippen MR) is 131 cm³/mol. The lowest BCUT2D eigenvalue weighted by molar-refractivity contribution is 0.122. The van der Waals surface area contributed by atoms with Crippen LogP contribution in [0.15, 0.2) is 91.3 Å². The molecule has 1 aliphatic heterocycles. The third-order valence-electron chi connectivity index (χ3n) is 5.96. The predicted octanol–water partition coefficient (Wildman–Crippen LogP) is 4.99. The second kappa shape index (κ2) is 8.48. The molecular weight excluding hydrogens is 410 g/mol. The number of aromatic nitrogens is 4. The number of ether oxygens (including phenoxy) is 1. The second-order valence-corrected chi connectivity index (χ2v) is 8.04. The lowest BCUT2D eigenvalue weighted by atomic mass is 10.1. The number of nitrogens with zero attached hydrogens (tertiary/aromatic N) is 5. The highest BCUT2D eigenvalue weighted by Crippen LogP contribution is 2.30. The highest BCUT2D eigenvalue weighted by molar-refractivity contribution is 5.82. The summed E-state index contributed by atoms with van der Waals surface area (Å²) in [5, 5.41) is 0. The van der Waals surface area contributed by atoms with E-state index in [1.165, 1.54) is 5.69 Å². The maximum atomic E-state index is 5.51. The van der Waals surface area contributed by atoms with Gasteiger partial charge in [-0.3, -0.25) is 9.55 Å². The van der Waals surface area contributed by atoms with Crippen molar-refractivity contribution in [2.24, 2.45) is 0 Å². The van der Waals surface area contributed by atoms with Crippen LogP contribution in [0.3, 0.4) is 0 Å². The van der Waals surface area contributed by atoms with Gasteiger partial charge in [0.1, 0.15) is 11.3 Å². The Labute approximate surface area is 192 Å². The van der Waals surface area contributed by atoms with Crippen molar-refractivity contribution in [2.45, 2.75) is 0 Å². The normalized spacial score (nSPS) is 14.0. The third-order valence-corrected chi connectivity index (χ3v) is 5.96. The van der Waals surface area contributed by atoms with Gasteiger partial charge in [0, 0.05) is 48.0 Å². The van der Waals surface area contributed by atoms with E-state index in [-0.39, 0.29) is 0 Å². The molecule has 5 aromatic rings. The summed E-state index contributed by atoms with van der Waals surface area (Å²) in [5.41, 5.74) is 6.86. The Bertz CT molecular complexity index is 1390. The Morgan fingerprint density at radius 1 is 0.727 bits per heavy atom. The Morgan fingerprint density at radius 2 is 1.55 bits per heavy atom. The lowest BCUT2D eigenvalue weighted by Gasteiger charge is -2.29. The molecule has 3 aromatic heterocycles. The SMILES string of the molecule is c1ccc(-n2c(-c3cccnc3)nc3ccc(-c4cccc(N5CCOCC5)c4)nc32)cc1. The van der Waals surface area contributed by atoms with Crippen LogP contribution in [0.2, 0.25) is 0 Å². The average molecular weight is 434 g/mol. The van der Waals surface area contributed by atoms with Crippen LogP contribution in [0.1, 0.15) is 0 Å². The van der Waals surface area contributed by atoms with Crippen molar-refractivity contribution in [1.82, 2.24) is 19.5 Å². The maximum absolute atomic E-state index is 5.51. The first-order chi connectivity index (χ1) is 16.4. The minimum Gasteiger partial charge on any atom is -0.378 e. The quantitative estimate of drug-likeness (QED) is 0.400. The van der Waals surface area contributed by atoms with E-state index in [4.69, 9.17) is 14.7 Å². The fourth-order valence-electron chi connectivity index (χ4n) is 4.31. The molecule has 0 bridgehead atoms. The summed E-state index contributed by atoms with van der Waals surface area (Å²) >= 11 is 0. The zero-order valence-electron chi connectivity index (χ0n) is 18.1. The molecule has 0 radical (unpaired) electrons. The van der Waals surface area contributed by atoms with E-state index in [1.54, 1.807) is 6.20 Å². The molecule has 0 saturated carbocycles. The van der Waals surface area contributed by atoms with Crippen molar-refractivity contribution in [3.05, 3.63) is 91.3 Å². The van der Waals surface area contributed by atoms with Crippen molar-refractivity contribution in [1.29, 1.82) is 0 Å². The number of para-hydroxylation sites is 1. The van der Waals surface area contributed by atoms with Crippen molar-refractivity contribution >= 4 is 16.9 Å². The minimum atomic E-state index is 0.766. The number of morpholine rings is 1. The summed E-state index contributed by atoms with van der Waals surface area (Å²) in [6.45, 7) is 3.35. The van der Waals surface area contributed by atoms with Gasteiger partial charge in [-0.05, 0) is 48.5 Å². The molecule has 2 aromatic carbocycles. The zero-order chi connectivity index (χ0) is 22.0. The molecule has 0 spiro atoms. The topological polar surface area (TPSA) is 56.1 Å². The van der Waals surface area contributed by atoms with Crippen molar-refractivity contribution in [2.75, 3.05) is 31.2 Å². The molecule has 1 aliphatic rings. The molecule has 1 saturated heterocycles. The number of fused-ring (bicyclic) bond motifs is 1. The van der Waals surface area contributed by atoms with Gasteiger partial charge < -0.3 is 9.64 Å². The molecule has 1 fully saturated rings. The molecule has 162 valence electrons. The Balaban J connectivity index is 1.50. The van der Waals surface area contributed by atoms with Crippen molar-refractivity contribution in [3.8, 4) is 28.3 Å². The van der Waals surface area contributed by atoms with Gasteiger partial charge in [0.15, 0.2) is 5.65 Å². The number of benzene rings is 2.